The maximum Gasteiger partial charge on any atom is 0.270 e. The lowest BCUT2D eigenvalue weighted by Gasteiger charge is -2.39. The molecule has 1 aliphatic carbocycles. The molecule has 2 saturated heterocycles. The summed E-state index contributed by atoms with van der Waals surface area (Å²) in [6.45, 7) is 6.94. The molecule has 0 unspecified atom stereocenters. The van der Waals surface area contributed by atoms with Gasteiger partial charge in [0.1, 0.15) is 11.5 Å². The summed E-state index contributed by atoms with van der Waals surface area (Å²) in [5.74, 6) is -0.955. The van der Waals surface area contributed by atoms with Gasteiger partial charge in [-0.1, -0.05) is 51.1 Å². The largest absolute Gasteiger partial charge is 0.350 e. The second-order valence-electron chi connectivity index (χ2n) is 12.0. The van der Waals surface area contributed by atoms with Crippen molar-refractivity contribution in [3.8, 4) is 0 Å². The fourth-order valence-corrected chi connectivity index (χ4v) is 6.31. The molecule has 2 aliphatic heterocycles. The van der Waals surface area contributed by atoms with Crippen LogP contribution in [-0.4, -0.2) is 57.6 Å². The Balaban J connectivity index is 1.15. The minimum atomic E-state index is -0.445. The van der Waals surface area contributed by atoms with Gasteiger partial charge < -0.3 is 14.8 Å². The van der Waals surface area contributed by atoms with Crippen LogP contribution in [0.15, 0.2) is 54.1 Å². The van der Waals surface area contributed by atoms with Crippen molar-refractivity contribution in [3.05, 3.63) is 76.7 Å². The van der Waals surface area contributed by atoms with Crippen LogP contribution in [-0.2, 0) is 16.0 Å². The highest BCUT2D eigenvalue weighted by Gasteiger charge is 2.50. The molecule has 1 aromatic heterocycles. The van der Waals surface area contributed by atoms with Crippen molar-refractivity contribution in [1.82, 2.24) is 14.8 Å². The van der Waals surface area contributed by atoms with Crippen molar-refractivity contribution in [2.24, 2.45) is 11.3 Å². The summed E-state index contributed by atoms with van der Waals surface area (Å²) in [6.07, 6.45) is 3.47. The van der Waals surface area contributed by atoms with Gasteiger partial charge in [-0.3, -0.25) is 14.4 Å². The number of halogens is 1. The van der Waals surface area contributed by atoms with Crippen molar-refractivity contribution < 1.29 is 18.8 Å². The van der Waals surface area contributed by atoms with Crippen LogP contribution in [0.1, 0.15) is 55.2 Å². The number of amides is 2. The van der Waals surface area contributed by atoms with Crippen molar-refractivity contribution in [2.75, 3.05) is 13.1 Å². The Morgan fingerprint density at radius 1 is 1.03 bits per heavy atom. The van der Waals surface area contributed by atoms with Crippen molar-refractivity contribution in [2.45, 2.75) is 52.1 Å². The number of ketones is 1. The molecule has 6 rings (SSSR count). The normalized spacial score (nSPS) is 21.1. The highest BCUT2D eigenvalue weighted by Crippen LogP contribution is 2.38. The zero-order valence-corrected chi connectivity index (χ0v) is 22.0. The smallest absolute Gasteiger partial charge is 0.270 e. The van der Waals surface area contributed by atoms with Gasteiger partial charge >= 0.3 is 0 Å². The maximum atomic E-state index is 14.1. The van der Waals surface area contributed by atoms with E-state index in [0.717, 1.165) is 23.1 Å². The van der Waals surface area contributed by atoms with E-state index in [1.807, 2.05) is 56.0 Å². The number of piperazine rings is 1. The second kappa shape index (κ2) is 8.93. The first kappa shape index (κ1) is 24.6. The van der Waals surface area contributed by atoms with Crippen LogP contribution >= 0.6 is 0 Å². The molecule has 3 aliphatic rings. The zero-order valence-electron chi connectivity index (χ0n) is 22.0. The minimum Gasteiger partial charge on any atom is -0.350 e. The Hall–Kier alpha value is -3.74. The molecule has 38 heavy (non-hydrogen) atoms. The van der Waals surface area contributed by atoms with Crippen LogP contribution < -0.4 is 0 Å². The predicted molar refractivity (Wildman–Crippen MR) is 144 cm³/mol. The number of allylic oxidation sites excluding steroid dienone is 1. The number of hydrogen-bond acceptors (Lipinski definition) is 3. The fourth-order valence-electron chi connectivity index (χ4n) is 6.31. The summed E-state index contributed by atoms with van der Waals surface area (Å²) in [4.78, 5) is 47.2. The van der Waals surface area contributed by atoms with Gasteiger partial charge in [0.25, 0.3) is 5.91 Å². The van der Waals surface area contributed by atoms with E-state index in [0.29, 0.717) is 36.1 Å². The fraction of sp³-hybridized carbons (Fsp3) is 0.387. The van der Waals surface area contributed by atoms with Crippen molar-refractivity contribution in [3.63, 3.8) is 0 Å². The summed E-state index contributed by atoms with van der Waals surface area (Å²) < 4.78 is 14.1. The minimum absolute atomic E-state index is 0.00533. The van der Waals surface area contributed by atoms with Gasteiger partial charge in [-0.05, 0) is 47.2 Å². The quantitative estimate of drug-likeness (QED) is 0.522. The Morgan fingerprint density at radius 3 is 2.45 bits per heavy atom. The van der Waals surface area contributed by atoms with Crippen LogP contribution in [0.2, 0.25) is 0 Å². The molecule has 2 fully saturated rings. The number of hydrogen-bond donors (Lipinski definition) is 1. The molecule has 3 heterocycles. The first-order valence-electron chi connectivity index (χ1n) is 13.3. The van der Waals surface area contributed by atoms with E-state index in [9.17, 15) is 18.8 Å². The summed E-state index contributed by atoms with van der Waals surface area (Å²) in [7, 11) is 0. The molecule has 0 saturated carbocycles. The highest BCUT2D eigenvalue weighted by atomic mass is 19.1. The number of H-pyrrole nitrogens is 1. The molecule has 0 spiro atoms. The molecule has 3 atom stereocenters. The molecule has 3 aromatic rings. The van der Waals surface area contributed by atoms with Crippen LogP contribution in [0.3, 0.4) is 0 Å². The molecule has 2 amide bonds. The Bertz CT molecular complexity index is 1500. The number of Topliss-reactive ketones (excluding diaryl/α,β-unsaturated/α-hetero) is 1. The Morgan fingerprint density at radius 2 is 1.76 bits per heavy atom. The van der Waals surface area contributed by atoms with Crippen LogP contribution in [0.5, 0.6) is 0 Å². The zero-order chi connectivity index (χ0) is 26.8. The molecule has 0 radical (unpaired) electrons. The molecular formula is C31H32FN3O3. The molecule has 196 valence electrons. The van der Waals surface area contributed by atoms with E-state index in [4.69, 9.17) is 0 Å². The van der Waals surface area contributed by atoms with Gasteiger partial charge in [0.05, 0.1) is 18.0 Å². The third-order valence-electron chi connectivity index (χ3n) is 8.48. The number of carbonyl (C=O) groups is 3. The molecule has 1 N–H and O–H groups in total. The average molecular weight is 514 g/mol. The molecule has 2 aromatic carbocycles. The highest BCUT2D eigenvalue weighted by molar-refractivity contribution is 6.04. The van der Waals surface area contributed by atoms with Crippen LogP contribution in [0.25, 0.3) is 17.0 Å². The monoisotopic (exact) mass is 513 g/mol. The lowest BCUT2D eigenvalue weighted by Crippen LogP contribution is -2.53. The lowest BCUT2D eigenvalue weighted by atomic mass is 9.76. The SMILES string of the molecule is CC(C)(C)[C@H](CC(=O)C1=Cc2ccccc2C1)C(=O)N1C[C@@H]2C[C@H]1CN2C(=O)c1cc2c(F)cccc2[nH]1. The predicted octanol–water partition coefficient (Wildman–Crippen LogP) is 4.99. The van der Waals surface area contributed by atoms with E-state index in [2.05, 4.69) is 4.98 Å². The second-order valence-corrected chi connectivity index (χ2v) is 12.0. The van der Waals surface area contributed by atoms with E-state index in [1.54, 1.807) is 23.1 Å². The topological polar surface area (TPSA) is 73.5 Å². The van der Waals surface area contributed by atoms with Gasteiger partial charge in [-0.2, -0.15) is 0 Å². The van der Waals surface area contributed by atoms with Crippen LogP contribution in [0.4, 0.5) is 4.39 Å². The summed E-state index contributed by atoms with van der Waals surface area (Å²) in [5, 5.41) is 0.398. The Kier molecular flexibility index (Phi) is 5.78. The van der Waals surface area contributed by atoms with Gasteiger partial charge in [0.15, 0.2) is 5.78 Å². The van der Waals surface area contributed by atoms with Gasteiger partial charge in [-0.15, -0.1) is 0 Å². The van der Waals surface area contributed by atoms with Crippen molar-refractivity contribution in [1.29, 1.82) is 0 Å². The first-order valence-corrected chi connectivity index (χ1v) is 13.3. The summed E-state index contributed by atoms with van der Waals surface area (Å²) >= 11 is 0. The van der Waals surface area contributed by atoms with Gasteiger partial charge in [0, 0.05) is 42.4 Å². The number of nitrogens with zero attached hydrogens (tertiary/aromatic N) is 2. The van der Waals surface area contributed by atoms with E-state index in [-0.39, 0.29) is 47.3 Å². The Labute approximate surface area is 221 Å². The third-order valence-corrected chi connectivity index (χ3v) is 8.48. The molecule has 2 bridgehead atoms. The van der Waals surface area contributed by atoms with E-state index >= 15 is 0 Å². The first-order chi connectivity index (χ1) is 18.1. The number of rotatable bonds is 5. The lowest BCUT2D eigenvalue weighted by molar-refractivity contribution is -0.143. The number of fused-ring (bicyclic) bond motifs is 4. The number of nitrogens with one attached hydrogen (secondary N) is 1. The summed E-state index contributed by atoms with van der Waals surface area (Å²) in [5.41, 5.74) is 3.56. The average Bonchev–Trinajstić information content (AvgIpc) is 3.67. The van der Waals surface area contributed by atoms with Gasteiger partial charge in [-0.25, -0.2) is 4.39 Å². The summed E-state index contributed by atoms with van der Waals surface area (Å²) in [6, 6.07) is 14.2. The van der Waals surface area contributed by atoms with Gasteiger partial charge in [0.2, 0.25) is 5.91 Å². The van der Waals surface area contributed by atoms with E-state index in [1.165, 1.54) is 6.07 Å². The third kappa shape index (κ3) is 4.14. The molecule has 7 heteroatoms. The van der Waals surface area contributed by atoms with E-state index < -0.39 is 5.92 Å². The number of benzene rings is 2. The number of aromatic nitrogens is 1. The molecule has 6 nitrogen and oxygen atoms in total. The standard InChI is InChI=1S/C31H32FN3O3/c1-31(2,3)24(15-28(36)20-11-18-7-4-5-8-19(18)12-20)29(37)34-16-22-13-21(34)17-35(22)30(38)27-14-23-25(32)9-6-10-26(23)33-27/h4-11,14,21-22,24,33H,12-13,15-17H2,1-3H3/t21-,22-,24+/m0/s1. The number of carbonyl (C=O) groups excluding carboxylic acids is 3. The molecular weight excluding hydrogens is 481 g/mol. The maximum absolute atomic E-state index is 14.1. The number of aromatic amines is 1. The van der Waals surface area contributed by atoms with Crippen LogP contribution in [0, 0.1) is 17.2 Å². The number of likely N-dealkylation sites (tertiary alicyclic amines) is 2. The van der Waals surface area contributed by atoms with Crippen molar-refractivity contribution >= 4 is 34.6 Å².